The van der Waals surface area contributed by atoms with E-state index in [0.29, 0.717) is 24.1 Å². The van der Waals surface area contributed by atoms with Gasteiger partial charge >= 0.3 is 6.03 Å². The van der Waals surface area contributed by atoms with Gasteiger partial charge in [-0.1, -0.05) is 55.8 Å². The molecule has 0 aliphatic carbocycles. The van der Waals surface area contributed by atoms with Crippen molar-refractivity contribution in [3.63, 3.8) is 0 Å². The van der Waals surface area contributed by atoms with Crippen LogP contribution >= 0.6 is 0 Å². The van der Waals surface area contributed by atoms with Gasteiger partial charge in [0.15, 0.2) is 0 Å². The van der Waals surface area contributed by atoms with E-state index in [1.165, 1.54) is 0 Å². The lowest BCUT2D eigenvalue weighted by atomic mass is 9.85. The number of hydrogen-bond acceptors (Lipinski definition) is 4. The summed E-state index contributed by atoms with van der Waals surface area (Å²) in [5.41, 5.74) is 2.15. The second kappa shape index (κ2) is 9.64. The second-order valence-electron chi connectivity index (χ2n) is 7.92. The van der Waals surface area contributed by atoms with Crippen molar-refractivity contribution in [1.29, 1.82) is 0 Å². The molecule has 1 aliphatic heterocycles. The van der Waals surface area contributed by atoms with Crippen LogP contribution in [-0.2, 0) is 19.9 Å². The van der Waals surface area contributed by atoms with Crippen LogP contribution in [0.3, 0.4) is 0 Å². The van der Waals surface area contributed by atoms with Crippen LogP contribution in [0.15, 0.2) is 48.5 Å². The fourth-order valence-corrected chi connectivity index (χ4v) is 3.84. The molecule has 0 radical (unpaired) electrons. The normalized spacial score (nSPS) is 17.8. The van der Waals surface area contributed by atoms with Gasteiger partial charge in [0.1, 0.15) is 12.1 Å². The number of carbonyl (C=O) groups is 4. The number of nitrogens with zero attached hydrogens (tertiary/aromatic N) is 1. The number of urea groups is 1. The zero-order valence-corrected chi connectivity index (χ0v) is 18.5. The van der Waals surface area contributed by atoms with Crippen LogP contribution in [0.2, 0.25) is 0 Å². The predicted molar refractivity (Wildman–Crippen MR) is 121 cm³/mol. The van der Waals surface area contributed by atoms with Crippen molar-refractivity contribution in [1.82, 2.24) is 15.5 Å². The standard InChI is InChI=1S/C24H28N4O4/c1-4-13-24(18-10-6-5-7-11-18)22(31)28(23(32)27-24)15-21(30)25-14-20(29)26-19-12-8-9-16(2)17(19)3/h5-12H,4,13-15H2,1-3H3,(H,25,30)(H,26,29)(H,27,32). The lowest BCUT2D eigenvalue weighted by molar-refractivity contribution is -0.135. The van der Waals surface area contributed by atoms with Gasteiger partial charge in [0.25, 0.3) is 5.91 Å². The van der Waals surface area contributed by atoms with Crippen molar-refractivity contribution in [3.8, 4) is 0 Å². The molecule has 2 aromatic rings. The first-order chi connectivity index (χ1) is 15.3. The van der Waals surface area contributed by atoms with Gasteiger partial charge in [-0.15, -0.1) is 0 Å². The Balaban J connectivity index is 1.62. The van der Waals surface area contributed by atoms with Gasteiger partial charge in [-0.3, -0.25) is 19.3 Å². The Morgan fingerprint density at radius 1 is 1.00 bits per heavy atom. The van der Waals surface area contributed by atoms with Crippen LogP contribution in [0.1, 0.15) is 36.5 Å². The summed E-state index contributed by atoms with van der Waals surface area (Å²) in [7, 11) is 0. The minimum atomic E-state index is -1.19. The van der Waals surface area contributed by atoms with Gasteiger partial charge in [-0.05, 0) is 43.0 Å². The Bertz CT molecular complexity index is 1040. The van der Waals surface area contributed by atoms with Gasteiger partial charge in [0.2, 0.25) is 11.8 Å². The number of amides is 5. The Morgan fingerprint density at radius 2 is 1.72 bits per heavy atom. The molecule has 1 heterocycles. The van der Waals surface area contributed by atoms with Crippen LogP contribution in [0, 0.1) is 13.8 Å². The van der Waals surface area contributed by atoms with Gasteiger partial charge in [-0.25, -0.2) is 4.79 Å². The molecule has 1 unspecified atom stereocenters. The number of benzene rings is 2. The number of nitrogens with one attached hydrogen (secondary N) is 3. The summed E-state index contributed by atoms with van der Waals surface area (Å²) in [6, 6.07) is 14.0. The Kier molecular flexibility index (Phi) is 6.92. The molecule has 8 nitrogen and oxygen atoms in total. The molecule has 8 heteroatoms. The third-order valence-electron chi connectivity index (χ3n) is 5.69. The van der Waals surface area contributed by atoms with Crippen LogP contribution < -0.4 is 16.0 Å². The van der Waals surface area contributed by atoms with Crippen molar-refractivity contribution < 1.29 is 19.2 Å². The van der Waals surface area contributed by atoms with Crippen LogP contribution in [0.4, 0.5) is 10.5 Å². The topological polar surface area (TPSA) is 108 Å². The highest BCUT2D eigenvalue weighted by molar-refractivity contribution is 6.09. The summed E-state index contributed by atoms with van der Waals surface area (Å²) in [6.07, 6.45) is 1.08. The highest BCUT2D eigenvalue weighted by Crippen LogP contribution is 2.33. The first-order valence-corrected chi connectivity index (χ1v) is 10.6. The third-order valence-corrected chi connectivity index (χ3v) is 5.69. The largest absolute Gasteiger partial charge is 0.345 e. The average molecular weight is 437 g/mol. The molecule has 0 aromatic heterocycles. The molecule has 168 valence electrons. The lowest BCUT2D eigenvalue weighted by Crippen LogP contribution is -2.45. The smallest absolute Gasteiger partial charge is 0.325 e. The lowest BCUT2D eigenvalue weighted by Gasteiger charge is -2.26. The number of imide groups is 1. The van der Waals surface area contributed by atoms with Gasteiger partial charge in [0.05, 0.1) is 6.54 Å². The van der Waals surface area contributed by atoms with E-state index in [1.807, 2.05) is 39.0 Å². The zero-order chi connectivity index (χ0) is 23.3. The van der Waals surface area contributed by atoms with Gasteiger partial charge < -0.3 is 16.0 Å². The van der Waals surface area contributed by atoms with E-state index < -0.39 is 35.8 Å². The summed E-state index contributed by atoms with van der Waals surface area (Å²) >= 11 is 0. The van der Waals surface area contributed by atoms with Crippen LogP contribution in [0.25, 0.3) is 0 Å². The van der Waals surface area contributed by atoms with Gasteiger partial charge in [0, 0.05) is 5.69 Å². The number of aryl methyl sites for hydroxylation is 1. The Morgan fingerprint density at radius 3 is 2.41 bits per heavy atom. The fourth-order valence-electron chi connectivity index (χ4n) is 3.84. The molecular formula is C24H28N4O4. The molecule has 0 bridgehead atoms. The van der Waals surface area contributed by atoms with Crippen molar-refractivity contribution in [2.75, 3.05) is 18.4 Å². The number of rotatable bonds is 8. The summed E-state index contributed by atoms with van der Waals surface area (Å²) in [6.45, 7) is 5.04. The van der Waals surface area contributed by atoms with Crippen molar-refractivity contribution in [2.45, 2.75) is 39.2 Å². The average Bonchev–Trinajstić information content (AvgIpc) is 3.01. The third kappa shape index (κ3) is 4.64. The van der Waals surface area contributed by atoms with E-state index >= 15 is 0 Å². The summed E-state index contributed by atoms with van der Waals surface area (Å²) in [4.78, 5) is 51.3. The SMILES string of the molecule is CCCC1(c2ccccc2)NC(=O)N(CC(=O)NCC(=O)Nc2cccc(C)c2C)C1=O. The van der Waals surface area contributed by atoms with E-state index in [0.717, 1.165) is 16.0 Å². The maximum Gasteiger partial charge on any atom is 0.325 e. The first-order valence-electron chi connectivity index (χ1n) is 10.6. The first kappa shape index (κ1) is 23.0. The Labute approximate surface area is 187 Å². The van der Waals surface area contributed by atoms with Crippen molar-refractivity contribution in [2.24, 2.45) is 0 Å². The minimum Gasteiger partial charge on any atom is -0.345 e. The van der Waals surface area contributed by atoms with Crippen LogP contribution in [-0.4, -0.2) is 41.7 Å². The molecule has 32 heavy (non-hydrogen) atoms. The highest BCUT2D eigenvalue weighted by Gasteiger charge is 2.52. The zero-order valence-electron chi connectivity index (χ0n) is 18.5. The summed E-state index contributed by atoms with van der Waals surface area (Å²) in [5.74, 6) is -1.45. The van der Waals surface area contributed by atoms with Crippen molar-refractivity contribution >= 4 is 29.4 Å². The van der Waals surface area contributed by atoms with Crippen molar-refractivity contribution in [3.05, 3.63) is 65.2 Å². The van der Waals surface area contributed by atoms with E-state index in [4.69, 9.17) is 0 Å². The van der Waals surface area contributed by atoms with E-state index in [1.54, 1.807) is 30.3 Å². The number of carbonyl (C=O) groups excluding carboxylic acids is 4. The molecule has 2 aromatic carbocycles. The molecule has 1 aliphatic rings. The monoisotopic (exact) mass is 436 g/mol. The quantitative estimate of drug-likeness (QED) is 0.553. The number of anilines is 1. The maximum absolute atomic E-state index is 13.2. The van der Waals surface area contributed by atoms with Crippen LogP contribution in [0.5, 0.6) is 0 Å². The molecule has 5 amide bonds. The molecule has 1 fully saturated rings. The Hall–Kier alpha value is -3.68. The molecular weight excluding hydrogens is 408 g/mol. The molecule has 1 atom stereocenters. The second-order valence-corrected chi connectivity index (χ2v) is 7.92. The fraction of sp³-hybridized carbons (Fsp3) is 0.333. The molecule has 1 saturated heterocycles. The van der Waals surface area contributed by atoms with Gasteiger partial charge in [-0.2, -0.15) is 0 Å². The predicted octanol–water partition coefficient (Wildman–Crippen LogP) is 2.61. The van der Waals surface area contributed by atoms with E-state index in [9.17, 15) is 19.2 Å². The number of hydrogen-bond donors (Lipinski definition) is 3. The summed E-state index contributed by atoms with van der Waals surface area (Å²) in [5, 5.41) is 8.01. The highest BCUT2D eigenvalue weighted by atomic mass is 16.2. The maximum atomic E-state index is 13.2. The van der Waals surface area contributed by atoms with E-state index in [2.05, 4.69) is 16.0 Å². The molecule has 3 rings (SSSR count). The van der Waals surface area contributed by atoms with E-state index in [-0.39, 0.29) is 6.54 Å². The molecule has 3 N–H and O–H groups in total. The molecule has 0 saturated carbocycles. The summed E-state index contributed by atoms with van der Waals surface area (Å²) < 4.78 is 0. The minimum absolute atomic E-state index is 0.269. The molecule has 0 spiro atoms.